The molecule has 2 aromatic rings. The lowest BCUT2D eigenvalue weighted by molar-refractivity contribution is 0.304. The lowest BCUT2D eigenvalue weighted by atomic mass is 10.3. The molecule has 78 valence electrons. The van der Waals surface area contributed by atoms with Crippen molar-refractivity contribution in [3.63, 3.8) is 0 Å². The number of aromatic nitrogens is 2. The van der Waals surface area contributed by atoms with Crippen LogP contribution in [0.25, 0.3) is 0 Å². The highest BCUT2D eigenvalue weighted by Crippen LogP contribution is 2.19. The van der Waals surface area contributed by atoms with Crippen LogP contribution in [0.4, 0.5) is 0 Å². The second-order valence-corrected chi connectivity index (χ2v) is 4.77. The average Bonchev–Trinajstić information content (AvgIpc) is 2.64. The zero-order valence-corrected chi connectivity index (χ0v) is 9.81. The van der Waals surface area contributed by atoms with Crippen molar-refractivity contribution in [2.24, 2.45) is 0 Å². The van der Waals surface area contributed by atoms with Crippen LogP contribution in [0, 0.1) is 0 Å². The van der Waals surface area contributed by atoms with Gasteiger partial charge < -0.3 is 4.74 Å². The summed E-state index contributed by atoms with van der Waals surface area (Å²) in [4.78, 5) is 0. The van der Waals surface area contributed by atoms with Gasteiger partial charge in [-0.15, -0.1) is 10.2 Å². The number of nitrogens with zero attached hydrogens (tertiary/aromatic N) is 2. The van der Waals surface area contributed by atoms with E-state index >= 15 is 0 Å². The fourth-order valence-electron chi connectivity index (χ4n) is 0.967. The number of rotatable bonds is 3. The van der Waals surface area contributed by atoms with E-state index in [1.165, 1.54) is 11.3 Å². The summed E-state index contributed by atoms with van der Waals surface area (Å²) in [5, 5.41) is 8.94. The third kappa shape index (κ3) is 3.06. The molecule has 0 aliphatic rings. The summed E-state index contributed by atoms with van der Waals surface area (Å²) in [5.41, 5.74) is 0. The lowest BCUT2D eigenvalue weighted by Gasteiger charge is -2.02. The molecule has 6 heteroatoms. The van der Waals surface area contributed by atoms with Crippen molar-refractivity contribution in [2.45, 2.75) is 6.61 Å². The molecule has 0 aliphatic carbocycles. The molecule has 1 heterocycles. The summed E-state index contributed by atoms with van der Waals surface area (Å²) in [5.74, 6) is 0.741. The van der Waals surface area contributed by atoms with Crippen LogP contribution in [0.1, 0.15) is 5.01 Å². The van der Waals surface area contributed by atoms with Crippen LogP contribution in [-0.2, 0) is 6.61 Å². The standard InChI is InChI=1S/C9H6Cl2N2OS/c10-6-1-3-7(4-2-6)14-5-8-12-13-9(11)15-8/h1-4H,5H2. The van der Waals surface area contributed by atoms with Gasteiger partial charge in [0.2, 0.25) is 4.47 Å². The van der Waals surface area contributed by atoms with E-state index in [1.54, 1.807) is 24.3 Å². The van der Waals surface area contributed by atoms with Gasteiger partial charge in [-0.05, 0) is 35.9 Å². The molecule has 1 aromatic heterocycles. The van der Waals surface area contributed by atoms with Crippen LogP contribution in [0.2, 0.25) is 9.49 Å². The van der Waals surface area contributed by atoms with E-state index < -0.39 is 0 Å². The predicted octanol–water partition coefficient (Wildman–Crippen LogP) is 3.42. The van der Waals surface area contributed by atoms with Gasteiger partial charge in [0.05, 0.1) is 0 Å². The first-order valence-electron chi connectivity index (χ1n) is 4.10. The smallest absolute Gasteiger partial charge is 0.207 e. The first-order valence-corrected chi connectivity index (χ1v) is 5.67. The Kier molecular flexibility index (Phi) is 3.41. The number of benzene rings is 1. The molecule has 1 aromatic carbocycles. The summed E-state index contributed by atoms with van der Waals surface area (Å²) in [6.45, 7) is 0.367. The summed E-state index contributed by atoms with van der Waals surface area (Å²) in [7, 11) is 0. The quantitative estimate of drug-likeness (QED) is 0.849. The minimum atomic E-state index is 0.367. The van der Waals surface area contributed by atoms with E-state index in [2.05, 4.69) is 10.2 Å². The van der Waals surface area contributed by atoms with Crippen molar-refractivity contribution >= 4 is 34.5 Å². The van der Waals surface area contributed by atoms with Crippen molar-refractivity contribution in [2.75, 3.05) is 0 Å². The van der Waals surface area contributed by atoms with Gasteiger partial charge in [-0.1, -0.05) is 22.9 Å². The Labute approximate surface area is 101 Å². The minimum absolute atomic E-state index is 0.367. The summed E-state index contributed by atoms with van der Waals surface area (Å²) in [6, 6.07) is 7.13. The van der Waals surface area contributed by atoms with E-state index in [9.17, 15) is 0 Å². The second kappa shape index (κ2) is 4.79. The highest BCUT2D eigenvalue weighted by Gasteiger charge is 2.02. The summed E-state index contributed by atoms with van der Waals surface area (Å²) >= 11 is 12.7. The number of halogens is 2. The van der Waals surface area contributed by atoms with Gasteiger partial charge in [-0.3, -0.25) is 0 Å². The third-order valence-electron chi connectivity index (χ3n) is 1.62. The van der Waals surface area contributed by atoms with Crippen LogP contribution < -0.4 is 4.74 Å². The Bertz CT molecular complexity index is 444. The maximum absolute atomic E-state index is 5.74. The zero-order chi connectivity index (χ0) is 10.7. The molecule has 2 rings (SSSR count). The van der Waals surface area contributed by atoms with E-state index in [1.807, 2.05) is 0 Å². The summed E-state index contributed by atoms with van der Waals surface area (Å²) in [6.07, 6.45) is 0. The number of hydrogen-bond acceptors (Lipinski definition) is 4. The molecular formula is C9H6Cl2N2OS. The molecule has 0 saturated carbocycles. The van der Waals surface area contributed by atoms with Crippen molar-refractivity contribution in [3.8, 4) is 5.75 Å². The van der Waals surface area contributed by atoms with E-state index in [4.69, 9.17) is 27.9 Å². The molecular weight excluding hydrogens is 255 g/mol. The maximum Gasteiger partial charge on any atom is 0.207 e. The summed E-state index contributed by atoms with van der Waals surface area (Å²) < 4.78 is 5.87. The first-order chi connectivity index (χ1) is 7.24. The highest BCUT2D eigenvalue weighted by atomic mass is 35.5. The molecule has 15 heavy (non-hydrogen) atoms. The van der Waals surface area contributed by atoms with E-state index in [-0.39, 0.29) is 0 Å². The van der Waals surface area contributed by atoms with Crippen molar-refractivity contribution in [3.05, 3.63) is 38.8 Å². The zero-order valence-electron chi connectivity index (χ0n) is 7.48. The van der Waals surface area contributed by atoms with Gasteiger partial charge in [0.1, 0.15) is 12.4 Å². The Morgan fingerprint density at radius 2 is 1.87 bits per heavy atom. The molecule has 0 N–H and O–H groups in total. The molecule has 0 spiro atoms. The predicted molar refractivity (Wildman–Crippen MR) is 60.7 cm³/mol. The lowest BCUT2D eigenvalue weighted by Crippen LogP contribution is -1.94. The van der Waals surface area contributed by atoms with Crippen molar-refractivity contribution in [1.82, 2.24) is 10.2 Å². The fourth-order valence-corrected chi connectivity index (χ4v) is 1.87. The van der Waals surface area contributed by atoms with Gasteiger partial charge in [-0.2, -0.15) is 0 Å². The van der Waals surface area contributed by atoms with Crippen LogP contribution in [0.15, 0.2) is 24.3 Å². The molecule has 3 nitrogen and oxygen atoms in total. The minimum Gasteiger partial charge on any atom is -0.486 e. The second-order valence-electron chi connectivity index (χ2n) is 2.69. The highest BCUT2D eigenvalue weighted by molar-refractivity contribution is 7.15. The topological polar surface area (TPSA) is 35.0 Å². The Hall–Kier alpha value is -0.840. The fraction of sp³-hybridized carbons (Fsp3) is 0.111. The normalized spacial score (nSPS) is 10.3. The molecule has 0 aliphatic heterocycles. The molecule has 0 fully saturated rings. The third-order valence-corrected chi connectivity index (χ3v) is 2.86. The number of ether oxygens (including phenoxy) is 1. The van der Waals surface area contributed by atoms with Crippen molar-refractivity contribution in [1.29, 1.82) is 0 Å². The largest absolute Gasteiger partial charge is 0.486 e. The Balaban J connectivity index is 1.96. The SMILES string of the molecule is Clc1ccc(OCc2nnc(Cl)s2)cc1. The first kappa shape index (κ1) is 10.7. The Morgan fingerprint density at radius 1 is 1.13 bits per heavy atom. The number of hydrogen-bond donors (Lipinski definition) is 0. The average molecular weight is 261 g/mol. The molecule has 0 bridgehead atoms. The van der Waals surface area contributed by atoms with E-state index in [0.29, 0.717) is 16.1 Å². The molecule has 0 atom stereocenters. The van der Waals surface area contributed by atoms with Crippen LogP contribution in [0.3, 0.4) is 0 Å². The Morgan fingerprint density at radius 3 is 2.47 bits per heavy atom. The van der Waals surface area contributed by atoms with Crippen molar-refractivity contribution < 1.29 is 4.74 Å². The molecule has 0 unspecified atom stereocenters. The van der Waals surface area contributed by atoms with Gasteiger partial charge >= 0.3 is 0 Å². The molecule has 0 amide bonds. The molecule has 0 radical (unpaired) electrons. The van der Waals surface area contributed by atoms with E-state index in [0.717, 1.165) is 10.8 Å². The monoisotopic (exact) mass is 260 g/mol. The van der Waals surface area contributed by atoms with Gasteiger partial charge in [0, 0.05) is 5.02 Å². The van der Waals surface area contributed by atoms with Crippen LogP contribution >= 0.6 is 34.5 Å². The van der Waals surface area contributed by atoms with Gasteiger partial charge in [0.25, 0.3) is 0 Å². The van der Waals surface area contributed by atoms with Crippen LogP contribution in [-0.4, -0.2) is 10.2 Å². The van der Waals surface area contributed by atoms with Crippen LogP contribution in [0.5, 0.6) is 5.75 Å². The molecule has 0 saturated heterocycles. The van der Waals surface area contributed by atoms with Gasteiger partial charge in [-0.25, -0.2) is 0 Å². The van der Waals surface area contributed by atoms with Gasteiger partial charge in [0.15, 0.2) is 5.01 Å². The maximum atomic E-state index is 5.74.